The summed E-state index contributed by atoms with van der Waals surface area (Å²) >= 11 is 3.46. The number of nitrogens with zero attached hydrogens (tertiary/aromatic N) is 2. The predicted molar refractivity (Wildman–Crippen MR) is 202 cm³/mol. The second kappa shape index (κ2) is 13.5. The van der Waals surface area contributed by atoms with Gasteiger partial charge in [0.15, 0.2) is 17.1 Å². The number of nitrogens with one attached hydrogen (secondary N) is 1. The molecule has 2 heterocycles. The number of benzene rings is 4. The Balaban J connectivity index is 1.34. The van der Waals surface area contributed by atoms with Gasteiger partial charge in [-0.2, -0.15) is 0 Å². The van der Waals surface area contributed by atoms with E-state index in [9.17, 15) is 9.18 Å². The fraction of sp³-hybridized carbons (Fsp3) is 0.244. The number of oxazole rings is 1. The van der Waals surface area contributed by atoms with Gasteiger partial charge in [0, 0.05) is 15.5 Å². The molecule has 1 aliphatic rings. The van der Waals surface area contributed by atoms with Crippen LogP contribution >= 0.6 is 15.9 Å². The Morgan fingerprint density at radius 2 is 1.67 bits per heavy atom. The summed E-state index contributed by atoms with van der Waals surface area (Å²) in [6.45, 7) is 6.70. The molecule has 1 atom stereocenters. The van der Waals surface area contributed by atoms with E-state index in [1.54, 1.807) is 45.6 Å². The van der Waals surface area contributed by atoms with Crippen LogP contribution in [0.4, 0.5) is 10.1 Å². The number of allylic oxidation sites excluding steroid dienone is 1. The number of ether oxygens (including phenoxy) is 3. The highest BCUT2D eigenvalue weighted by Gasteiger charge is 2.35. The minimum absolute atomic E-state index is 0.0577. The number of carbonyl (C=O) groups is 1. The maximum absolute atomic E-state index is 14.5. The Hall–Kier alpha value is -5.22. The van der Waals surface area contributed by atoms with Crippen molar-refractivity contribution in [2.24, 2.45) is 11.3 Å². The number of halogens is 2. The molecule has 0 bridgehead atoms. The van der Waals surface area contributed by atoms with Crippen LogP contribution in [-0.2, 0) is 6.42 Å². The van der Waals surface area contributed by atoms with Crippen LogP contribution < -0.4 is 19.5 Å². The molecule has 8 nitrogen and oxygen atoms in total. The van der Waals surface area contributed by atoms with Gasteiger partial charge in [-0.3, -0.25) is 4.79 Å². The van der Waals surface area contributed by atoms with Crippen molar-refractivity contribution in [1.29, 1.82) is 0 Å². The van der Waals surface area contributed by atoms with Crippen molar-refractivity contribution in [2.75, 3.05) is 26.6 Å². The van der Waals surface area contributed by atoms with Crippen molar-refractivity contribution in [2.45, 2.75) is 33.6 Å². The predicted octanol–water partition coefficient (Wildman–Crippen LogP) is 10.4. The van der Waals surface area contributed by atoms with Gasteiger partial charge in [-0.25, -0.2) is 14.4 Å². The van der Waals surface area contributed by atoms with Gasteiger partial charge in [-0.1, -0.05) is 39.0 Å². The molecule has 1 N–H and O–H groups in total. The summed E-state index contributed by atoms with van der Waals surface area (Å²) < 4.78 is 37.5. The molecule has 0 radical (unpaired) electrons. The molecular formula is C41H37BrFN3O5. The highest BCUT2D eigenvalue weighted by Crippen LogP contribution is 2.46. The fourth-order valence-electron chi connectivity index (χ4n) is 6.76. The zero-order chi connectivity index (χ0) is 36.0. The van der Waals surface area contributed by atoms with E-state index in [4.69, 9.17) is 23.6 Å². The molecule has 0 saturated heterocycles. The summed E-state index contributed by atoms with van der Waals surface area (Å²) in [5, 5.41) is 3.91. The molecule has 10 heteroatoms. The lowest BCUT2D eigenvalue weighted by atomic mass is 9.69. The number of rotatable bonds is 7. The van der Waals surface area contributed by atoms with Crippen LogP contribution in [0.25, 0.3) is 45.1 Å². The normalized spacial score (nSPS) is 15.2. The number of methoxy groups -OCH3 is 3. The Morgan fingerprint density at radius 1 is 0.922 bits per heavy atom. The third kappa shape index (κ3) is 6.56. The van der Waals surface area contributed by atoms with Gasteiger partial charge in [-0.15, -0.1) is 0 Å². The highest BCUT2D eigenvalue weighted by atomic mass is 79.9. The second-order valence-corrected chi connectivity index (χ2v) is 14.6. The fourth-order valence-corrected chi connectivity index (χ4v) is 7.17. The molecule has 0 saturated carbocycles. The number of carbonyl (C=O) groups excluding carboxylic acids is 1. The third-order valence-electron chi connectivity index (χ3n) is 9.50. The molecule has 7 rings (SSSR count). The largest absolute Gasteiger partial charge is 0.493 e. The van der Waals surface area contributed by atoms with E-state index in [-0.39, 0.29) is 23.1 Å². The standard InChI is InChI=1S/C41H37BrFN3O5/c1-41(2,3)24-18-23(15-22-16-34(48-4)38(50-6)35(17-22)49-5)37-29(19-24)36(27-9-7-8-10-31(27)45-37)39(47)44-26-12-14-33-32(21-26)46-40(51-33)28-20-25(43)11-13-30(28)42/h7-17,20-21,24H,18-19H2,1-6H3,(H,44,47)/b23-15-. The van der Waals surface area contributed by atoms with Crippen LogP contribution in [0.3, 0.4) is 0 Å². The zero-order valence-corrected chi connectivity index (χ0v) is 30.8. The van der Waals surface area contributed by atoms with Crippen molar-refractivity contribution >= 4 is 61.2 Å². The summed E-state index contributed by atoms with van der Waals surface area (Å²) in [5.74, 6) is 1.48. The number of anilines is 1. The van der Waals surface area contributed by atoms with Gasteiger partial charge in [0.2, 0.25) is 11.6 Å². The van der Waals surface area contributed by atoms with E-state index < -0.39 is 5.82 Å². The van der Waals surface area contributed by atoms with Crippen LogP contribution in [0, 0.1) is 17.2 Å². The highest BCUT2D eigenvalue weighted by molar-refractivity contribution is 9.10. The van der Waals surface area contributed by atoms with Crippen LogP contribution in [-0.4, -0.2) is 37.2 Å². The van der Waals surface area contributed by atoms with E-state index in [1.807, 2.05) is 36.4 Å². The van der Waals surface area contributed by atoms with Gasteiger partial charge in [0.1, 0.15) is 11.3 Å². The summed E-state index contributed by atoms with van der Waals surface area (Å²) in [4.78, 5) is 24.3. The lowest BCUT2D eigenvalue weighted by Gasteiger charge is -2.37. The van der Waals surface area contributed by atoms with Crippen LogP contribution in [0.15, 0.2) is 81.7 Å². The van der Waals surface area contributed by atoms with Gasteiger partial charge in [-0.05, 0) is 117 Å². The minimum atomic E-state index is -0.397. The molecule has 260 valence electrons. The minimum Gasteiger partial charge on any atom is -0.493 e. The Labute approximate surface area is 303 Å². The lowest BCUT2D eigenvalue weighted by molar-refractivity contribution is 0.102. The molecule has 0 spiro atoms. The molecular weight excluding hydrogens is 713 g/mol. The average molecular weight is 751 g/mol. The molecule has 1 amide bonds. The van der Waals surface area contributed by atoms with Gasteiger partial charge in [0.25, 0.3) is 5.91 Å². The first-order valence-electron chi connectivity index (χ1n) is 16.6. The Morgan fingerprint density at radius 3 is 2.37 bits per heavy atom. The number of aromatic nitrogens is 2. The zero-order valence-electron chi connectivity index (χ0n) is 29.2. The van der Waals surface area contributed by atoms with Crippen molar-refractivity contribution in [3.63, 3.8) is 0 Å². The van der Waals surface area contributed by atoms with E-state index in [1.165, 1.54) is 12.1 Å². The van der Waals surface area contributed by atoms with Crippen LogP contribution in [0.5, 0.6) is 17.2 Å². The first-order chi connectivity index (χ1) is 24.5. The average Bonchev–Trinajstić information content (AvgIpc) is 3.54. The van der Waals surface area contributed by atoms with Crippen molar-refractivity contribution in [1.82, 2.24) is 9.97 Å². The number of para-hydroxylation sites is 1. The summed E-state index contributed by atoms with van der Waals surface area (Å²) in [5.41, 5.74) is 6.93. The van der Waals surface area contributed by atoms with Crippen molar-refractivity contribution in [3.05, 3.63) is 105 Å². The third-order valence-corrected chi connectivity index (χ3v) is 10.2. The number of pyridine rings is 1. The van der Waals surface area contributed by atoms with E-state index in [2.05, 4.69) is 53.1 Å². The number of amides is 1. The quantitative estimate of drug-likeness (QED) is 0.174. The van der Waals surface area contributed by atoms with Gasteiger partial charge >= 0.3 is 0 Å². The van der Waals surface area contributed by atoms with E-state index >= 15 is 0 Å². The smallest absolute Gasteiger partial charge is 0.256 e. The second-order valence-electron chi connectivity index (χ2n) is 13.7. The molecule has 1 aliphatic carbocycles. The molecule has 51 heavy (non-hydrogen) atoms. The summed E-state index contributed by atoms with van der Waals surface area (Å²) in [6, 6.07) is 21.2. The Bertz CT molecular complexity index is 2340. The van der Waals surface area contributed by atoms with Gasteiger partial charge in [0.05, 0.1) is 43.7 Å². The first-order valence-corrected chi connectivity index (χ1v) is 17.4. The topological polar surface area (TPSA) is 95.7 Å². The van der Waals surface area contributed by atoms with Crippen LogP contribution in [0.1, 0.15) is 54.4 Å². The number of fused-ring (bicyclic) bond motifs is 3. The monoisotopic (exact) mass is 749 g/mol. The van der Waals surface area contributed by atoms with E-state index in [0.29, 0.717) is 56.1 Å². The van der Waals surface area contributed by atoms with Gasteiger partial charge < -0.3 is 23.9 Å². The number of hydrogen-bond donors (Lipinski definition) is 1. The molecule has 6 aromatic rings. The van der Waals surface area contributed by atoms with Crippen molar-refractivity contribution in [3.8, 4) is 28.7 Å². The lowest BCUT2D eigenvalue weighted by Crippen LogP contribution is -2.29. The van der Waals surface area contributed by atoms with Crippen molar-refractivity contribution < 1.29 is 27.8 Å². The Kier molecular flexibility index (Phi) is 9.05. The van der Waals surface area contributed by atoms with Crippen LogP contribution in [0.2, 0.25) is 0 Å². The first kappa shape index (κ1) is 34.2. The maximum Gasteiger partial charge on any atom is 0.256 e. The number of hydrogen-bond acceptors (Lipinski definition) is 7. The molecule has 4 aromatic carbocycles. The molecule has 1 unspecified atom stereocenters. The maximum atomic E-state index is 14.5. The molecule has 0 aliphatic heterocycles. The van der Waals surface area contributed by atoms with E-state index in [0.717, 1.165) is 39.7 Å². The molecule has 2 aromatic heterocycles. The summed E-state index contributed by atoms with van der Waals surface area (Å²) in [7, 11) is 4.78. The SMILES string of the molecule is COc1cc(/C=C2/CC(C(C)(C)C)Cc3c2nc2ccccc2c3C(=O)Nc2ccc3oc(-c4cc(F)ccc4Br)nc3c2)cc(OC)c1OC. The summed E-state index contributed by atoms with van der Waals surface area (Å²) in [6.07, 6.45) is 3.56. The molecule has 0 fully saturated rings.